The molecule has 1 nitrogen and oxygen atoms in total. The average molecular weight is 503 g/mol. The summed E-state index contributed by atoms with van der Waals surface area (Å²) in [5.74, 6) is -0.0871. The third-order valence-corrected chi connectivity index (χ3v) is 8.75. The normalized spacial score (nSPS) is 17.3. The molecule has 2 aliphatic rings. The first-order chi connectivity index (χ1) is 16.1. The van der Waals surface area contributed by atoms with Crippen molar-refractivity contribution in [3.05, 3.63) is 126 Å². The van der Waals surface area contributed by atoms with E-state index in [1.807, 2.05) is 77.5 Å². The van der Waals surface area contributed by atoms with E-state index in [0.29, 0.717) is 10.0 Å². The van der Waals surface area contributed by atoms with Gasteiger partial charge in [0.15, 0.2) is 5.78 Å². The molecule has 0 saturated heterocycles. The minimum Gasteiger partial charge on any atom is -0.289 e. The van der Waals surface area contributed by atoms with Crippen LogP contribution in [0.5, 0.6) is 0 Å². The SMILES string of the molecule is O=C1C(=C2SC=CS2)C(c2ccc(Cl)cc2)c2c1cc1ccc(Cl)cc1c2-c1ccccc1. The van der Waals surface area contributed by atoms with Gasteiger partial charge in [-0.25, -0.2) is 0 Å². The number of benzene rings is 4. The fourth-order valence-corrected chi connectivity index (χ4v) is 6.96. The van der Waals surface area contributed by atoms with Crippen LogP contribution in [0.1, 0.15) is 27.4 Å². The van der Waals surface area contributed by atoms with Crippen molar-refractivity contribution in [1.29, 1.82) is 0 Å². The number of hydrogen-bond acceptors (Lipinski definition) is 3. The van der Waals surface area contributed by atoms with Crippen LogP contribution in [0.3, 0.4) is 0 Å². The quantitative estimate of drug-likeness (QED) is 0.254. The topological polar surface area (TPSA) is 17.1 Å². The number of carbonyl (C=O) groups excluding carboxylic acids is 1. The number of Topliss-reactive ketones (excluding diaryl/α,β-unsaturated/α-hetero) is 1. The molecule has 1 heterocycles. The molecule has 1 aliphatic carbocycles. The molecule has 0 radical (unpaired) electrons. The van der Waals surface area contributed by atoms with Crippen molar-refractivity contribution in [2.24, 2.45) is 0 Å². The summed E-state index contributed by atoms with van der Waals surface area (Å²) in [6.07, 6.45) is 0. The highest BCUT2D eigenvalue weighted by Crippen LogP contribution is 2.54. The van der Waals surface area contributed by atoms with Gasteiger partial charge in [-0.2, -0.15) is 0 Å². The molecule has 0 spiro atoms. The number of ketones is 1. The fraction of sp³-hybridized carbons (Fsp3) is 0.0357. The Bertz CT molecular complexity index is 1480. The summed E-state index contributed by atoms with van der Waals surface area (Å²) in [6, 6.07) is 26.1. The molecule has 0 aromatic heterocycles. The molecule has 0 fully saturated rings. The van der Waals surface area contributed by atoms with Gasteiger partial charge in [-0.1, -0.05) is 95.3 Å². The van der Waals surface area contributed by atoms with E-state index in [9.17, 15) is 4.79 Å². The number of hydrogen-bond donors (Lipinski definition) is 0. The second-order valence-electron chi connectivity index (χ2n) is 7.97. The lowest BCUT2D eigenvalue weighted by Crippen LogP contribution is -2.04. The van der Waals surface area contributed by atoms with E-state index < -0.39 is 0 Å². The summed E-state index contributed by atoms with van der Waals surface area (Å²) < 4.78 is 1.04. The largest absolute Gasteiger partial charge is 0.289 e. The van der Waals surface area contributed by atoms with Crippen molar-refractivity contribution in [2.45, 2.75) is 5.92 Å². The van der Waals surface area contributed by atoms with Crippen LogP contribution in [0.15, 0.2) is 99.5 Å². The van der Waals surface area contributed by atoms with Crippen molar-refractivity contribution >= 4 is 63.3 Å². The maximum absolute atomic E-state index is 14.0. The zero-order chi connectivity index (χ0) is 22.5. The Labute approximate surface area is 210 Å². The summed E-state index contributed by atoms with van der Waals surface area (Å²) in [4.78, 5) is 14.0. The standard InChI is InChI=1S/C28H16Cl2OS2/c29-19-9-6-17(7-10-19)24-25-22(27(31)26(24)28-32-12-13-33-28)14-18-8-11-20(30)15-21(18)23(25)16-4-2-1-3-5-16/h1-15,24H. The van der Waals surface area contributed by atoms with E-state index in [0.717, 1.165) is 48.4 Å². The van der Waals surface area contributed by atoms with Crippen molar-refractivity contribution in [3.63, 3.8) is 0 Å². The van der Waals surface area contributed by atoms with Gasteiger partial charge in [-0.05, 0) is 74.2 Å². The van der Waals surface area contributed by atoms with Crippen molar-refractivity contribution in [2.75, 3.05) is 0 Å². The average Bonchev–Trinajstić information content (AvgIpc) is 3.45. The third-order valence-electron chi connectivity index (χ3n) is 6.10. The summed E-state index contributed by atoms with van der Waals surface area (Å²) in [5.41, 5.74) is 5.84. The van der Waals surface area contributed by atoms with Gasteiger partial charge in [0, 0.05) is 27.1 Å². The van der Waals surface area contributed by atoms with Crippen molar-refractivity contribution in [1.82, 2.24) is 0 Å². The molecule has 0 amide bonds. The first-order valence-electron chi connectivity index (χ1n) is 10.5. The highest BCUT2D eigenvalue weighted by atomic mass is 35.5. The Balaban J connectivity index is 1.75. The second kappa shape index (κ2) is 8.41. The van der Waals surface area contributed by atoms with Crippen LogP contribution in [-0.4, -0.2) is 5.78 Å². The second-order valence-corrected chi connectivity index (χ2v) is 10.9. The fourth-order valence-electron chi connectivity index (χ4n) is 4.74. The predicted molar refractivity (Wildman–Crippen MR) is 143 cm³/mol. The molecule has 0 bridgehead atoms. The van der Waals surface area contributed by atoms with E-state index in [4.69, 9.17) is 23.2 Å². The number of fused-ring (bicyclic) bond motifs is 2. The van der Waals surface area contributed by atoms with Gasteiger partial charge in [0.1, 0.15) is 0 Å². The van der Waals surface area contributed by atoms with Crippen molar-refractivity contribution in [3.8, 4) is 11.1 Å². The molecule has 6 rings (SSSR count). The maximum atomic E-state index is 14.0. The Morgan fingerprint density at radius 3 is 2.18 bits per heavy atom. The van der Waals surface area contributed by atoms with Gasteiger partial charge in [0.05, 0.1) is 4.24 Å². The summed E-state index contributed by atoms with van der Waals surface area (Å²) >= 11 is 15.9. The Kier molecular flexibility index (Phi) is 5.38. The molecule has 0 saturated carbocycles. The lowest BCUT2D eigenvalue weighted by Gasteiger charge is -2.20. The number of rotatable bonds is 2. The van der Waals surface area contributed by atoms with E-state index in [1.54, 1.807) is 23.5 Å². The highest BCUT2D eigenvalue weighted by Gasteiger charge is 2.41. The zero-order valence-corrected chi connectivity index (χ0v) is 20.4. The van der Waals surface area contributed by atoms with E-state index >= 15 is 0 Å². The molecule has 1 unspecified atom stereocenters. The van der Waals surface area contributed by atoms with Gasteiger partial charge < -0.3 is 0 Å². The highest BCUT2D eigenvalue weighted by molar-refractivity contribution is 8.27. The molecular weight excluding hydrogens is 487 g/mol. The summed E-state index contributed by atoms with van der Waals surface area (Å²) in [7, 11) is 0. The Hall–Kier alpha value is -2.43. The van der Waals surface area contributed by atoms with Crippen LogP contribution >= 0.6 is 46.7 Å². The van der Waals surface area contributed by atoms with Crippen molar-refractivity contribution < 1.29 is 4.79 Å². The van der Waals surface area contributed by atoms with Gasteiger partial charge in [0.2, 0.25) is 0 Å². The van der Waals surface area contributed by atoms with Gasteiger partial charge >= 0.3 is 0 Å². The number of thioether (sulfide) groups is 2. The number of halogens is 2. The van der Waals surface area contributed by atoms with Gasteiger partial charge in [-0.3, -0.25) is 4.79 Å². The molecule has 4 aromatic rings. The maximum Gasteiger partial charge on any atom is 0.192 e. The molecule has 4 aromatic carbocycles. The first kappa shape index (κ1) is 21.1. The molecule has 160 valence electrons. The summed E-state index contributed by atoms with van der Waals surface area (Å²) in [6.45, 7) is 0. The third kappa shape index (κ3) is 3.55. The molecule has 1 atom stereocenters. The summed E-state index contributed by atoms with van der Waals surface area (Å²) in [5, 5.41) is 7.49. The van der Waals surface area contributed by atoms with E-state index in [-0.39, 0.29) is 11.7 Å². The molecular formula is C28H16Cl2OS2. The smallest absolute Gasteiger partial charge is 0.192 e. The van der Waals surface area contributed by atoms with Gasteiger partial charge in [0.25, 0.3) is 0 Å². The minimum atomic E-state index is -0.182. The molecule has 33 heavy (non-hydrogen) atoms. The molecule has 0 N–H and O–H groups in total. The zero-order valence-electron chi connectivity index (χ0n) is 17.2. The molecule has 5 heteroatoms. The molecule has 1 aliphatic heterocycles. The van der Waals surface area contributed by atoms with E-state index in [1.165, 1.54) is 0 Å². The lowest BCUT2D eigenvalue weighted by atomic mass is 9.83. The number of carbonyl (C=O) groups is 1. The van der Waals surface area contributed by atoms with E-state index in [2.05, 4.69) is 12.1 Å². The number of allylic oxidation sites excluding steroid dienone is 1. The van der Waals surface area contributed by atoms with Gasteiger partial charge in [-0.15, -0.1) is 0 Å². The van der Waals surface area contributed by atoms with Crippen LogP contribution in [-0.2, 0) is 0 Å². The van der Waals surface area contributed by atoms with Crippen LogP contribution in [0, 0.1) is 0 Å². The van der Waals surface area contributed by atoms with Crippen LogP contribution < -0.4 is 0 Å². The van der Waals surface area contributed by atoms with Crippen LogP contribution in [0.2, 0.25) is 10.0 Å². The first-order valence-corrected chi connectivity index (χ1v) is 13.0. The monoisotopic (exact) mass is 502 g/mol. The predicted octanol–water partition coefficient (Wildman–Crippen LogP) is 9.30. The Morgan fingerprint density at radius 1 is 0.758 bits per heavy atom. The lowest BCUT2D eigenvalue weighted by molar-refractivity contribution is 0.103. The Morgan fingerprint density at radius 2 is 1.45 bits per heavy atom. The van der Waals surface area contributed by atoms with Crippen LogP contribution in [0.4, 0.5) is 0 Å². The minimum absolute atomic E-state index is 0.0951. The van der Waals surface area contributed by atoms with Crippen LogP contribution in [0.25, 0.3) is 21.9 Å².